The van der Waals surface area contributed by atoms with Gasteiger partial charge < -0.3 is 19.7 Å². The molecule has 1 aromatic carbocycles. The van der Waals surface area contributed by atoms with Crippen molar-refractivity contribution in [1.82, 2.24) is 4.90 Å². The molecule has 2 unspecified atom stereocenters. The first-order valence-electron chi connectivity index (χ1n) is 7.31. The monoisotopic (exact) mass is 278 g/mol. The first kappa shape index (κ1) is 15.3. The zero-order chi connectivity index (χ0) is 14.4. The maximum Gasteiger partial charge on any atom is 0.0718 e. The summed E-state index contributed by atoms with van der Waals surface area (Å²) in [6.45, 7) is 5.31. The van der Waals surface area contributed by atoms with Gasteiger partial charge in [0.05, 0.1) is 19.8 Å². The smallest absolute Gasteiger partial charge is 0.0718 e. The summed E-state index contributed by atoms with van der Waals surface area (Å²) >= 11 is 0. The third-order valence-electron chi connectivity index (χ3n) is 3.88. The molecular formula is C16H26N2O2. The van der Waals surface area contributed by atoms with Crippen LogP contribution in [0, 0.1) is 0 Å². The lowest BCUT2D eigenvalue weighted by molar-refractivity contribution is 0.0617. The van der Waals surface area contributed by atoms with Crippen molar-refractivity contribution in [2.24, 2.45) is 0 Å². The van der Waals surface area contributed by atoms with E-state index in [2.05, 4.69) is 48.5 Å². The number of likely N-dealkylation sites (N-methyl/N-ethyl adjacent to an activating group) is 1. The highest BCUT2D eigenvalue weighted by Gasteiger charge is 2.25. The van der Waals surface area contributed by atoms with E-state index in [1.165, 1.54) is 17.7 Å². The maximum atomic E-state index is 5.56. The normalized spacial score (nSPS) is 23.1. The minimum absolute atomic E-state index is 0.541. The lowest BCUT2D eigenvalue weighted by Crippen LogP contribution is -2.24. The number of ether oxygens (including phenoxy) is 2. The molecule has 2 atom stereocenters. The second kappa shape index (κ2) is 7.62. The molecule has 0 amide bonds. The van der Waals surface area contributed by atoms with Crippen molar-refractivity contribution < 1.29 is 9.47 Å². The molecule has 1 aliphatic heterocycles. The van der Waals surface area contributed by atoms with Gasteiger partial charge in [0.2, 0.25) is 0 Å². The average molecular weight is 278 g/mol. The highest BCUT2D eigenvalue weighted by atomic mass is 16.5. The number of rotatable bonds is 7. The number of methoxy groups -OCH3 is 1. The SMILES string of the molecule is COCCOCc1cccc(NC2CC(C)N(C)C2)c1. The Kier molecular flexibility index (Phi) is 5.83. The van der Waals surface area contributed by atoms with Gasteiger partial charge >= 0.3 is 0 Å². The van der Waals surface area contributed by atoms with Crippen LogP contribution in [-0.4, -0.2) is 50.9 Å². The molecule has 0 aromatic heterocycles. The quantitative estimate of drug-likeness (QED) is 0.776. The molecule has 1 aromatic rings. The van der Waals surface area contributed by atoms with Crippen molar-refractivity contribution in [2.45, 2.75) is 32.0 Å². The van der Waals surface area contributed by atoms with Gasteiger partial charge in [-0.2, -0.15) is 0 Å². The van der Waals surface area contributed by atoms with Crippen LogP contribution in [0.2, 0.25) is 0 Å². The van der Waals surface area contributed by atoms with E-state index in [1.807, 2.05) is 0 Å². The van der Waals surface area contributed by atoms with Crippen LogP contribution in [0.1, 0.15) is 18.9 Å². The van der Waals surface area contributed by atoms with Crippen LogP contribution < -0.4 is 5.32 Å². The van der Waals surface area contributed by atoms with Gasteiger partial charge in [-0.25, -0.2) is 0 Å². The summed E-state index contributed by atoms with van der Waals surface area (Å²) in [5.74, 6) is 0. The fraction of sp³-hybridized carbons (Fsp3) is 0.625. The predicted molar refractivity (Wildman–Crippen MR) is 82.1 cm³/mol. The zero-order valence-electron chi connectivity index (χ0n) is 12.8. The lowest BCUT2D eigenvalue weighted by Gasteiger charge is -2.15. The van der Waals surface area contributed by atoms with Crippen molar-refractivity contribution in [2.75, 3.05) is 39.2 Å². The third kappa shape index (κ3) is 4.47. The molecule has 1 heterocycles. The fourth-order valence-corrected chi connectivity index (χ4v) is 2.62. The van der Waals surface area contributed by atoms with Crippen LogP contribution in [-0.2, 0) is 16.1 Å². The number of hydrogen-bond acceptors (Lipinski definition) is 4. The van der Waals surface area contributed by atoms with E-state index in [4.69, 9.17) is 9.47 Å². The Balaban J connectivity index is 1.83. The summed E-state index contributed by atoms with van der Waals surface area (Å²) in [6.07, 6.45) is 1.20. The van der Waals surface area contributed by atoms with E-state index in [1.54, 1.807) is 7.11 Å². The van der Waals surface area contributed by atoms with Gasteiger partial charge in [-0.05, 0) is 38.1 Å². The average Bonchev–Trinajstić information content (AvgIpc) is 2.74. The van der Waals surface area contributed by atoms with Crippen LogP contribution in [0.5, 0.6) is 0 Å². The van der Waals surface area contributed by atoms with Crippen LogP contribution in [0.3, 0.4) is 0 Å². The molecule has 1 fully saturated rings. The van der Waals surface area contributed by atoms with Crippen LogP contribution in [0.15, 0.2) is 24.3 Å². The molecule has 0 spiro atoms. The maximum absolute atomic E-state index is 5.56. The first-order chi connectivity index (χ1) is 9.69. The van der Waals surface area contributed by atoms with Gasteiger partial charge in [0, 0.05) is 31.4 Å². The topological polar surface area (TPSA) is 33.7 Å². The summed E-state index contributed by atoms with van der Waals surface area (Å²) in [4.78, 5) is 2.40. The molecule has 1 saturated heterocycles. The fourth-order valence-electron chi connectivity index (χ4n) is 2.62. The first-order valence-corrected chi connectivity index (χ1v) is 7.31. The highest BCUT2D eigenvalue weighted by molar-refractivity contribution is 5.46. The Hall–Kier alpha value is -1.10. The standard InChI is InChI=1S/C16H26N2O2/c1-13-9-16(11-18(13)2)17-15-6-4-5-14(10-15)12-20-8-7-19-3/h4-6,10,13,16-17H,7-9,11-12H2,1-3H3. The number of anilines is 1. The second-order valence-corrected chi connectivity index (χ2v) is 5.61. The van der Waals surface area contributed by atoms with Gasteiger partial charge in [0.1, 0.15) is 0 Å². The number of benzene rings is 1. The largest absolute Gasteiger partial charge is 0.382 e. The highest BCUT2D eigenvalue weighted by Crippen LogP contribution is 2.20. The Morgan fingerprint density at radius 1 is 1.35 bits per heavy atom. The number of likely N-dealkylation sites (tertiary alicyclic amines) is 1. The summed E-state index contributed by atoms with van der Waals surface area (Å²) in [5, 5.41) is 3.62. The molecule has 20 heavy (non-hydrogen) atoms. The molecule has 0 bridgehead atoms. The number of hydrogen-bond donors (Lipinski definition) is 1. The van der Waals surface area contributed by atoms with E-state index in [-0.39, 0.29) is 0 Å². The van der Waals surface area contributed by atoms with Gasteiger partial charge in [0.15, 0.2) is 0 Å². The number of nitrogens with one attached hydrogen (secondary N) is 1. The minimum atomic E-state index is 0.541. The van der Waals surface area contributed by atoms with Crippen molar-refractivity contribution >= 4 is 5.69 Å². The lowest BCUT2D eigenvalue weighted by atomic mass is 10.1. The third-order valence-corrected chi connectivity index (χ3v) is 3.88. The molecule has 1 N–H and O–H groups in total. The second-order valence-electron chi connectivity index (χ2n) is 5.61. The van der Waals surface area contributed by atoms with Gasteiger partial charge in [-0.3, -0.25) is 0 Å². The van der Waals surface area contributed by atoms with Gasteiger partial charge in [-0.1, -0.05) is 12.1 Å². The molecule has 1 aliphatic rings. The molecule has 112 valence electrons. The van der Waals surface area contributed by atoms with Crippen LogP contribution >= 0.6 is 0 Å². The Labute approximate surface area is 122 Å². The minimum Gasteiger partial charge on any atom is -0.382 e. The molecule has 0 aliphatic carbocycles. The van der Waals surface area contributed by atoms with Crippen molar-refractivity contribution in [3.8, 4) is 0 Å². The van der Waals surface area contributed by atoms with E-state index in [0.717, 1.165) is 6.54 Å². The van der Waals surface area contributed by atoms with Crippen molar-refractivity contribution in [1.29, 1.82) is 0 Å². The van der Waals surface area contributed by atoms with Crippen LogP contribution in [0.4, 0.5) is 5.69 Å². The Morgan fingerprint density at radius 3 is 2.90 bits per heavy atom. The van der Waals surface area contributed by atoms with Crippen LogP contribution in [0.25, 0.3) is 0 Å². The summed E-state index contributed by atoms with van der Waals surface area (Å²) in [5.41, 5.74) is 2.39. The molecule has 0 saturated carbocycles. The predicted octanol–water partition coefficient (Wildman–Crippen LogP) is 2.35. The van der Waals surface area contributed by atoms with E-state index in [9.17, 15) is 0 Å². The van der Waals surface area contributed by atoms with Crippen molar-refractivity contribution in [3.63, 3.8) is 0 Å². The van der Waals surface area contributed by atoms with E-state index >= 15 is 0 Å². The molecule has 0 radical (unpaired) electrons. The van der Waals surface area contributed by atoms with E-state index < -0.39 is 0 Å². The molecule has 4 nitrogen and oxygen atoms in total. The summed E-state index contributed by atoms with van der Waals surface area (Å²) in [6, 6.07) is 9.69. The Morgan fingerprint density at radius 2 is 2.20 bits per heavy atom. The number of nitrogens with zero attached hydrogens (tertiary/aromatic N) is 1. The molecule has 4 heteroatoms. The summed E-state index contributed by atoms with van der Waals surface area (Å²) < 4.78 is 10.5. The van der Waals surface area contributed by atoms with Crippen molar-refractivity contribution in [3.05, 3.63) is 29.8 Å². The Bertz CT molecular complexity index is 401. The molecular weight excluding hydrogens is 252 g/mol. The zero-order valence-corrected chi connectivity index (χ0v) is 12.8. The van der Waals surface area contributed by atoms with Gasteiger partial charge in [-0.15, -0.1) is 0 Å². The molecule has 2 rings (SSSR count). The van der Waals surface area contributed by atoms with Gasteiger partial charge in [0.25, 0.3) is 0 Å². The summed E-state index contributed by atoms with van der Waals surface area (Å²) in [7, 11) is 3.87. The van der Waals surface area contributed by atoms with E-state index in [0.29, 0.717) is 31.9 Å².